The molecular formula is C14H14Cl2N2O3S. The highest BCUT2D eigenvalue weighted by molar-refractivity contribution is 7.80. The van der Waals surface area contributed by atoms with Crippen molar-refractivity contribution >= 4 is 52.2 Å². The van der Waals surface area contributed by atoms with Gasteiger partial charge in [0.15, 0.2) is 11.7 Å². The van der Waals surface area contributed by atoms with Crippen molar-refractivity contribution in [1.29, 1.82) is 0 Å². The Kier molecular flexibility index (Phi) is 5.50. The highest BCUT2D eigenvalue weighted by atomic mass is 35.5. The van der Waals surface area contributed by atoms with Crippen LogP contribution in [0, 0.1) is 0 Å². The van der Waals surface area contributed by atoms with Crippen molar-refractivity contribution in [2.75, 3.05) is 13.2 Å². The topological polar surface area (TPSA) is 70.6 Å². The van der Waals surface area contributed by atoms with Crippen LogP contribution in [-0.4, -0.2) is 29.3 Å². The lowest BCUT2D eigenvalue weighted by atomic mass is 10.0. The van der Waals surface area contributed by atoms with E-state index in [0.717, 1.165) is 17.7 Å². The zero-order valence-electron chi connectivity index (χ0n) is 11.7. The molecule has 0 atom stereocenters. The minimum absolute atomic E-state index is 0.176. The molecule has 5 nitrogen and oxygen atoms in total. The first-order chi connectivity index (χ1) is 10.4. The molecule has 118 valence electrons. The van der Waals surface area contributed by atoms with Crippen LogP contribution in [0.5, 0.6) is 5.75 Å². The molecule has 1 aliphatic rings. The van der Waals surface area contributed by atoms with Crippen molar-refractivity contribution in [3.8, 4) is 5.75 Å². The molecule has 0 saturated heterocycles. The number of hydrogen-bond donors (Lipinski definition) is 3. The second kappa shape index (κ2) is 7.17. The largest absolute Gasteiger partial charge is 0.480 e. The van der Waals surface area contributed by atoms with Gasteiger partial charge in [0, 0.05) is 12.1 Å². The van der Waals surface area contributed by atoms with Crippen molar-refractivity contribution in [2.45, 2.75) is 13.3 Å². The lowest BCUT2D eigenvalue weighted by Gasteiger charge is -2.25. The monoisotopic (exact) mass is 360 g/mol. The maximum atomic E-state index is 10.6. The van der Waals surface area contributed by atoms with Gasteiger partial charge in [-0.3, -0.25) is 0 Å². The summed E-state index contributed by atoms with van der Waals surface area (Å²) in [6.45, 7) is 2.19. The SMILES string of the molecule is CCC1=C(c2ccc(OCC(=O)O)c(Cl)c2Cl)NC(=S)NC1. The Bertz CT molecular complexity index is 662. The summed E-state index contributed by atoms with van der Waals surface area (Å²) in [7, 11) is 0. The van der Waals surface area contributed by atoms with E-state index in [4.69, 9.17) is 45.3 Å². The summed E-state index contributed by atoms with van der Waals surface area (Å²) in [5.41, 5.74) is 2.64. The van der Waals surface area contributed by atoms with Crippen LogP contribution in [0.1, 0.15) is 18.9 Å². The molecule has 1 heterocycles. The summed E-state index contributed by atoms with van der Waals surface area (Å²) in [6.07, 6.45) is 0.823. The molecule has 1 aromatic carbocycles. The average Bonchev–Trinajstić information content (AvgIpc) is 2.48. The second-order valence-electron chi connectivity index (χ2n) is 4.56. The predicted molar refractivity (Wildman–Crippen MR) is 90.5 cm³/mol. The maximum Gasteiger partial charge on any atom is 0.341 e. The Morgan fingerprint density at radius 2 is 2.14 bits per heavy atom. The van der Waals surface area contributed by atoms with E-state index in [1.807, 2.05) is 6.92 Å². The van der Waals surface area contributed by atoms with Crippen LogP contribution in [0.2, 0.25) is 10.0 Å². The van der Waals surface area contributed by atoms with Gasteiger partial charge in [0.25, 0.3) is 0 Å². The van der Waals surface area contributed by atoms with Crippen molar-refractivity contribution in [3.05, 3.63) is 33.3 Å². The van der Waals surface area contributed by atoms with Gasteiger partial charge in [0.2, 0.25) is 0 Å². The Morgan fingerprint density at radius 3 is 2.77 bits per heavy atom. The molecule has 0 amide bonds. The molecule has 1 aromatic rings. The summed E-state index contributed by atoms with van der Waals surface area (Å²) in [5, 5.41) is 15.8. The van der Waals surface area contributed by atoms with Crippen LogP contribution < -0.4 is 15.4 Å². The van der Waals surface area contributed by atoms with Crippen LogP contribution in [0.3, 0.4) is 0 Å². The third-order valence-electron chi connectivity index (χ3n) is 3.15. The fraction of sp³-hybridized carbons (Fsp3) is 0.286. The van der Waals surface area contributed by atoms with E-state index >= 15 is 0 Å². The molecule has 2 rings (SSSR count). The van der Waals surface area contributed by atoms with E-state index in [1.165, 1.54) is 0 Å². The molecule has 0 radical (unpaired) electrons. The molecule has 0 aromatic heterocycles. The third-order valence-corrected chi connectivity index (χ3v) is 4.26. The van der Waals surface area contributed by atoms with Crippen LogP contribution in [0.25, 0.3) is 5.70 Å². The molecule has 22 heavy (non-hydrogen) atoms. The number of benzene rings is 1. The summed E-state index contributed by atoms with van der Waals surface area (Å²) in [4.78, 5) is 10.6. The number of thiocarbonyl (C=S) groups is 1. The number of ether oxygens (including phenoxy) is 1. The number of nitrogens with one attached hydrogen (secondary N) is 2. The molecule has 0 unspecified atom stereocenters. The number of carbonyl (C=O) groups is 1. The van der Waals surface area contributed by atoms with E-state index in [0.29, 0.717) is 22.2 Å². The van der Waals surface area contributed by atoms with Gasteiger partial charge in [-0.2, -0.15) is 0 Å². The van der Waals surface area contributed by atoms with Crippen molar-refractivity contribution in [2.24, 2.45) is 0 Å². The molecule has 0 saturated carbocycles. The number of halogens is 2. The van der Waals surface area contributed by atoms with Crippen LogP contribution >= 0.6 is 35.4 Å². The summed E-state index contributed by atoms with van der Waals surface area (Å²) in [6, 6.07) is 3.33. The number of carboxylic acid groups (broad SMARTS) is 1. The molecule has 8 heteroatoms. The van der Waals surface area contributed by atoms with E-state index < -0.39 is 12.6 Å². The summed E-state index contributed by atoms with van der Waals surface area (Å²) < 4.78 is 5.11. The summed E-state index contributed by atoms with van der Waals surface area (Å²) in [5.74, 6) is -0.856. The molecule has 0 spiro atoms. The quantitative estimate of drug-likeness (QED) is 0.701. The highest BCUT2D eigenvalue weighted by Gasteiger charge is 2.20. The van der Waals surface area contributed by atoms with Gasteiger partial charge in [-0.1, -0.05) is 30.1 Å². The average molecular weight is 361 g/mol. The third kappa shape index (κ3) is 3.63. The van der Waals surface area contributed by atoms with Crippen LogP contribution in [0.15, 0.2) is 17.7 Å². The zero-order valence-corrected chi connectivity index (χ0v) is 14.0. The Hall–Kier alpha value is -1.50. The zero-order chi connectivity index (χ0) is 16.3. The molecule has 0 aliphatic carbocycles. The van der Waals surface area contributed by atoms with Gasteiger partial charge >= 0.3 is 5.97 Å². The van der Waals surface area contributed by atoms with Gasteiger partial charge in [0.1, 0.15) is 10.8 Å². The molecule has 3 N–H and O–H groups in total. The lowest BCUT2D eigenvalue weighted by molar-refractivity contribution is -0.139. The second-order valence-corrected chi connectivity index (χ2v) is 5.73. The fourth-order valence-corrected chi connectivity index (χ4v) is 2.70. The predicted octanol–water partition coefficient (Wildman–Crippen LogP) is 3.06. The standard InChI is InChI=1S/C14H14Cl2N2O3S/c1-2-7-5-17-14(22)18-13(7)8-3-4-9(12(16)11(8)15)21-6-10(19)20/h3-4H,2,5-6H2,1H3,(H,19,20)(H2,17,18,22). The highest BCUT2D eigenvalue weighted by Crippen LogP contribution is 2.38. The van der Waals surface area contributed by atoms with E-state index in [9.17, 15) is 4.79 Å². The minimum atomic E-state index is -1.09. The van der Waals surface area contributed by atoms with Crippen molar-refractivity contribution < 1.29 is 14.6 Å². The smallest absolute Gasteiger partial charge is 0.341 e. The Balaban J connectivity index is 2.40. The number of hydrogen-bond acceptors (Lipinski definition) is 3. The first-order valence-electron chi connectivity index (χ1n) is 6.53. The Labute approximate surface area is 143 Å². The van der Waals surface area contributed by atoms with Gasteiger partial charge < -0.3 is 20.5 Å². The normalized spacial score (nSPS) is 14.4. The Morgan fingerprint density at radius 1 is 1.41 bits per heavy atom. The van der Waals surface area contributed by atoms with Gasteiger partial charge in [-0.15, -0.1) is 0 Å². The minimum Gasteiger partial charge on any atom is -0.480 e. The molecule has 0 bridgehead atoms. The summed E-state index contributed by atoms with van der Waals surface area (Å²) >= 11 is 17.6. The van der Waals surface area contributed by atoms with E-state index in [2.05, 4.69) is 10.6 Å². The van der Waals surface area contributed by atoms with E-state index in [1.54, 1.807) is 12.1 Å². The molecule has 1 aliphatic heterocycles. The lowest BCUT2D eigenvalue weighted by Crippen LogP contribution is -2.41. The van der Waals surface area contributed by atoms with Crippen molar-refractivity contribution in [1.82, 2.24) is 10.6 Å². The first-order valence-corrected chi connectivity index (χ1v) is 7.70. The molecule has 0 fully saturated rings. The first kappa shape index (κ1) is 16.9. The number of rotatable bonds is 5. The van der Waals surface area contributed by atoms with Gasteiger partial charge in [0.05, 0.1) is 10.7 Å². The van der Waals surface area contributed by atoms with E-state index in [-0.39, 0.29) is 10.8 Å². The van der Waals surface area contributed by atoms with Gasteiger partial charge in [-0.25, -0.2) is 4.79 Å². The van der Waals surface area contributed by atoms with Crippen LogP contribution in [0.4, 0.5) is 0 Å². The number of aliphatic carboxylic acids is 1. The maximum absolute atomic E-state index is 10.6. The van der Waals surface area contributed by atoms with Gasteiger partial charge in [-0.05, 0) is 36.3 Å². The number of carboxylic acids is 1. The van der Waals surface area contributed by atoms with Crippen LogP contribution in [-0.2, 0) is 4.79 Å². The molecular weight excluding hydrogens is 347 g/mol. The van der Waals surface area contributed by atoms with Crippen molar-refractivity contribution in [3.63, 3.8) is 0 Å². The fourth-order valence-electron chi connectivity index (χ4n) is 2.06.